The molecule has 0 bridgehead atoms. The second-order valence-electron chi connectivity index (χ2n) is 10.6. The maximum Gasteiger partial charge on any atom is 0.326 e. The highest BCUT2D eigenvalue weighted by atomic mass is 16.4. The average Bonchev–Trinajstić information content (AvgIpc) is 2.97. The molecule has 0 unspecified atom stereocenters. The number of nitrogens with two attached hydrogens (primary N) is 3. The van der Waals surface area contributed by atoms with Crippen LogP contribution < -0.4 is 38.5 Å². The number of aliphatic carboxylic acids is 4. The fourth-order valence-corrected chi connectivity index (χ4v) is 4.10. The molecule has 5 atom stereocenters. The molecule has 0 aromatic rings. The van der Waals surface area contributed by atoms with Gasteiger partial charge in [-0.15, -0.1) is 0 Å². The van der Waals surface area contributed by atoms with Crippen LogP contribution in [0.1, 0.15) is 77.0 Å². The van der Waals surface area contributed by atoms with Crippen molar-refractivity contribution in [2.75, 3.05) is 13.1 Å². The number of amides is 4. The quantitative estimate of drug-likeness (QED) is 0.0417. The highest BCUT2D eigenvalue weighted by molar-refractivity contribution is 5.95. The predicted molar refractivity (Wildman–Crippen MR) is 160 cm³/mol. The fourth-order valence-electron chi connectivity index (χ4n) is 4.10. The van der Waals surface area contributed by atoms with Crippen molar-refractivity contribution in [3.05, 3.63) is 0 Å². The minimum Gasteiger partial charge on any atom is -0.481 e. The Bertz CT molecular complexity index is 1060. The van der Waals surface area contributed by atoms with Gasteiger partial charge in [-0.05, 0) is 64.5 Å². The van der Waals surface area contributed by atoms with Gasteiger partial charge in [0.25, 0.3) is 0 Å². The number of unbranched alkanes of at least 4 members (excludes halogenated alkanes) is 2. The molecule has 14 N–H and O–H groups in total. The van der Waals surface area contributed by atoms with Crippen LogP contribution in [0.4, 0.5) is 0 Å². The van der Waals surface area contributed by atoms with Crippen molar-refractivity contribution in [1.29, 1.82) is 0 Å². The lowest BCUT2D eigenvalue weighted by molar-refractivity contribution is -0.144. The van der Waals surface area contributed by atoms with E-state index in [1.807, 2.05) is 0 Å². The minimum absolute atomic E-state index is 0.0914. The van der Waals surface area contributed by atoms with Gasteiger partial charge in [0.05, 0.1) is 6.04 Å². The molecule has 0 fully saturated rings. The lowest BCUT2D eigenvalue weighted by Crippen LogP contribution is -2.58. The van der Waals surface area contributed by atoms with Crippen molar-refractivity contribution in [3.8, 4) is 0 Å². The first kappa shape index (κ1) is 41.6. The second kappa shape index (κ2) is 23.0. The van der Waals surface area contributed by atoms with E-state index in [9.17, 15) is 48.6 Å². The molecule has 0 aliphatic heterocycles. The molecule has 19 nitrogen and oxygen atoms in total. The number of carbonyl (C=O) groups is 8. The van der Waals surface area contributed by atoms with E-state index in [1.165, 1.54) is 0 Å². The van der Waals surface area contributed by atoms with Crippen molar-refractivity contribution in [3.63, 3.8) is 0 Å². The van der Waals surface area contributed by atoms with Gasteiger partial charge in [-0.2, -0.15) is 0 Å². The third kappa shape index (κ3) is 18.4. The summed E-state index contributed by atoms with van der Waals surface area (Å²) in [6.07, 6.45) is -0.928. The van der Waals surface area contributed by atoms with E-state index in [4.69, 9.17) is 27.4 Å². The van der Waals surface area contributed by atoms with Crippen molar-refractivity contribution in [2.45, 2.75) is 107 Å². The van der Waals surface area contributed by atoms with Gasteiger partial charge in [-0.1, -0.05) is 6.42 Å². The van der Waals surface area contributed by atoms with Gasteiger partial charge in [-0.25, -0.2) is 4.79 Å². The molecule has 46 heavy (non-hydrogen) atoms. The first-order valence-corrected chi connectivity index (χ1v) is 14.9. The van der Waals surface area contributed by atoms with Crippen molar-refractivity contribution >= 4 is 47.5 Å². The van der Waals surface area contributed by atoms with E-state index in [0.29, 0.717) is 45.2 Å². The monoisotopic (exact) mass is 661 g/mol. The minimum atomic E-state index is -1.69. The second-order valence-corrected chi connectivity index (χ2v) is 10.6. The highest BCUT2D eigenvalue weighted by Crippen LogP contribution is 2.08. The molecule has 262 valence electrons. The fraction of sp³-hybridized carbons (Fsp3) is 0.704. The number of carboxylic acid groups (broad SMARTS) is 4. The number of nitrogens with one attached hydrogen (secondary N) is 4. The largest absolute Gasteiger partial charge is 0.481 e. The molecule has 0 aliphatic carbocycles. The molecular weight excluding hydrogens is 614 g/mol. The molecule has 4 amide bonds. The number of hydrogen-bond acceptors (Lipinski definition) is 11. The van der Waals surface area contributed by atoms with Crippen molar-refractivity contribution in [1.82, 2.24) is 21.3 Å². The third-order valence-electron chi connectivity index (χ3n) is 6.71. The van der Waals surface area contributed by atoms with Crippen molar-refractivity contribution < 1.29 is 58.8 Å². The van der Waals surface area contributed by atoms with Crippen LogP contribution in [0.5, 0.6) is 0 Å². The molecule has 0 radical (unpaired) electrons. The lowest BCUT2D eigenvalue weighted by atomic mass is 10.0. The van der Waals surface area contributed by atoms with E-state index >= 15 is 0 Å². The van der Waals surface area contributed by atoms with E-state index in [2.05, 4.69) is 21.3 Å². The summed E-state index contributed by atoms with van der Waals surface area (Å²) < 4.78 is 0. The Hall–Kier alpha value is -4.36. The molecule has 0 saturated heterocycles. The molecule has 0 aliphatic rings. The summed E-state index contributed by atoms with van der Waals surface area (Å²) in [7, 11) is 0. The van der Waals surface area contributed by atoms with Gasteiger partial charge in [0.2, 0.25) is 23.6 Å². The summed E-state index contributed by atoms with van der Waals surface area (Å²) in [6, 6.07) is -7.09. The van der Waals surface area contributed by atoms with Crippen LogP contribution in [0.15, 0.2) is 0 Å². The maximum atomic E-state index is 13.3. The summed E-state index contributed by atoms with van der Waals surface area (Å²) in [6.45, 7) is 0.700. The van der Waals surface area contributed by atoms with Gasteiger partial charge in [-0.3, -0.25) is 33.6 Å². The molecule has 0 heterocycles. The average molecular weight is 662 g/mol. The Labute approximate surface area is 265 Å². The van der Waals surface area contributed by atoms with Gasteiger partial charge in [0.15, 0.2) is 0 Å². The summed E-state index contributed by atoms with van der Waals surface area (Å²) >= 11 is 0. The Morgan fingerprint density at radius 3 is 1.15 bits per heavy atom. The zero-order valence-corrected chi connectivity index (χ0v) is 25.6. The van der Waals surface area contributed by atoms with Crippen LogP contribution in [0.3, 0.4) is 0 Å². The molecular formula is C27H47N7O12. The van der Waals surface area contributed by atoms with Crippen LogP contribution >= 0.6 is 0 Å². The smallest absolute Gasteiger partial charge is 0.326 e. The SMILES string of the molecule is NCCCC[C@H](NC(=O)[C@@H](N)CCCCN)C(=O)N[C@@H](CCC(=O)O)C(=O)N[C@@H](CCC(=O)O)C(=O)N[C@@H](CCC(=O)O)C(=O)O. The van der Waals surface area contributed by atoms with Gasteiger partial charge in [0, 0.05) is 19.3 Å². The number of rotatable bonds is 26. The molecule has 0 rings (SSSR count). The Kier molecular flexibility index (Phi) is 20.9. The molecule has 0 aromatic heterocycles. The van der Waals surface area contributed by atoms with Gasteiger partial charge < -0.3 is 58.9 Å². The standard InChI is InChI=1S/C27H47N7O12/c28-13-3-1-5-15(30)23(41)31-16(6-2-4-14-29)24(42)32-17(7-10-20(35)36)25(43)33-18(8-11-21(37)38)26(44)34-19(27(45)46)9-12-22(39)40/h15-19H,1-14,28-30H2,(H,31,41)(H,32,42)(H,33,43)(H,34,44)(H,35,36)(H,37,38)(H,39,40)(H,45,46)/t15-,16-,17-,18-,19-/m0/s1. The van der Waals surface area contributed by atoms with Crippen LogP contribution in [0, 0.1) is 0 Å². The zero-order valence-electron chi connectivity index (χ0n) is 25.6. The van der Waals surface area contributed by atoms with Crippen LogP contribution in [0.2, 0.25) is 0 Å². The Balaban J connectivity index is 5.99. The first-order valence-electron chi connectivity index (χ1n) is 14.9. The maximum absolute atomic E-state index is 13.3. The predicted octanol–water partition coefficient (Wildman–Crippen LogP) is -2.81. The summed E-state index contributed by atoms with van der Waals surface area (Å²) in [5, 5.41) is 45.7. The zero-order chi connectivity index (χ0) is 35.2. The molecule has 0 aromatic carbocycles. The first-order chi connectivity index (χ1) is 21.6. The normalized spacial score (nSPS) is 14.1. The number of hydrogen-bond donors (Lipinski definition) is 11. The molecule has 0 saturated carbocycles. The van der Waals surface area contributed by atoms with Crippen LogP contribution in [0.25, 0.3) is 0 Å². The van der Waals surface area contributed by atoms with Gasteiger partial charge in [0.1, 0.15) is 24.2 Å². The highest BCUT2D eigenvalue weighted by Gasteiger charge is 2.32. The third-order valence-corrected chi connectivity index (χ3v) is 6.71. The molecule has 0 spiro atoms. The van der Waals surface area contributed by atoms with Crippen molar-refractivity contribution in [2.24, 2.45) is 17.2 Å². The number of carboxylic acids is 4. The van der Waals surface area contributed by atoms with E-state index in [0.717, 1.165) is 0 Å². The molecule has 19 heteroatoms. The summed E-state index contributed by atoms with van der Waals surface area (Å²) in [4.78, 5) is 97.0. The van der Waals surface area contributed by atoms with E-state index < -0.39 is 116 Å². The topological polar surface area (TPSA) is 344 Å². The summed E-state index contributed by atoms with van der Waals surface area (Å²) in [5.74, 6) is -9.35. The van der Waals surface area contributed by atoms with E-state index in [1.54, 1.807) is 0 Å². The van der Waals surface area contributed by atoms with Gasteiger partial charge >= 0.3 is 23.9 Å². The lowest BCUT2D eigenvalue weighted by Gasteiger charge is -2.26. The Morgan fingerprint density at radius 1 is 0.457 bits per heavy atom. The van der Waals surface area contributed by atoms with Crippen LogP contribution in [-0.4, -0.2) is 111 Å². The van der Waals surface area contributed by atoms with Crippen LogP contribution in [-0.2, 0) is 38.4 Å². The summed E-state index contributed by atoms with van der Waals surface area (Å²) in [5.41, 5.74) is 16.9. The Morgan fingerprint density at radius 2 is 0.783 bits per heavy atom. The van der Waals surface area contributed by atoms with E-state index in [-0.39, 0.29) is 6.42 Å². The number of carbonyl (C=O) groups excluding carboxylic acids is 4.